The largest absolute Gasteiger partial charge is 0.508 e. The molecule has 0 N–H and O–H groups in total. The van der Waals surface area contributed by atoms with Crippen LogP contribution < -0.4 is 0 Å². The van der Waals surface area contributed by atoms with E-state index in [1.807, 2.05) is 6.92 Å². The van der Waals surface area contributed by atoms with Crippen LogP contribution in [-0.4, -0.2) is 33.1 Å². The van der Waals surface area contributed by atoms with Crippen molar-refractivity contribution < 1.29 is 19.0 Å². The molecule has 4 heteroatoms. The second kappa shape index (κ2) is 3.76. The summed E-state index contributed by atoms with van der Waals surface area (Å²) in [6.07, 6.45) is 0.309. The van der Waals surface area contributed by atoms with Crippen LogP contribution in [0.1, 0.15) is 13.3 Å². The molecule has 0 spiro atoms. The monoisotopic (exact) mass is 174 g/mol. The van der Waals surface area contributed by atoms with Crippen molar-refractivity contribution >= 4 is 6.16 Å². The molecule has 0 amide bonds. The fraction of sp³-hybridized carbons (Fsp3) is 0.875. The van der Waals surface area contributed by atoms with Gasteiger partial charge in [0.15, 0.2) is 0 Å². The third kappa shape index (κ3) is 1.88. The smallest absolute Gasteiger partial charge is 0.433 e. The topological polar surface area (TPSA) is 44.8 Å². The summed E-state index contributed by atoms with van der Waals surface area (Å²) in [4.78, 5) is 10.6. The van der Waals surface area contributed by atoms with Gasteiger partial charge in [0.25, 0.3) is 0 Å². The number of hydrogen-bond donors (Lipinski definition) is 0. The van der Waals surface area contributed by atoms with Crippen molar-refractivity contribution in [1.82, 2.24) is 0 Å². The Morgan fingerprint density at radius 1 is 1.50 bits per heavy atom. The molecule has 0 aliphatic carbocycles. The first-order valence-electron chi connectivity index (χ1n) is 4.01. The predicted octanol–water partition coefficient (Wildman–Crippen LogP) is 1.20. The van der Waals surface area contributed by atoms with E-state index >= 15 is 0 Å². The molecular formula is C8H14O4. The normalized spacial score (nSPS) is 21.3. The second-order valence-electron chi connectivity index (χ2n) is 3.11. The Hall–Kier alpha value is -0.770. The maximum atomic E-state index is 10.6. The fourth-order valence-electron chi connectivity index (χ4n) is 1.20. The molecule has 0 bridgehead atoms. The average Bonchev–Trinajstić information content (AvgIpc) is 2.10. The van der Waals surface area contributed by atoms with Crippen LogP contribution in [0.2, 0.25) is 0 Å². The summed E-state index contributed by atoms with van der Waals surface area (Å²) < 4.78 is 14.6. The molecule has 0 atom stereocenters. The summed E-state index contributed by atoms with van der Waals surface area (Å²) in [7, 11) is 1.63. The molecule has 1 heterocycles. The SMILES string of the molecule is CCC1(COC)COC(=O)OC1. The summed E-state index contributed by atoms with van der Waals surface area (Å²) in [6.45, 7) is 3.39. The Morgan fingerprint density at radius 2 is 2.08 bits per heavy atom. The number of carbonyl (C=O) groups is 1. The van der Waals surface area contributed by atoms with Crippen molar-refractivity contribution in [3.05, 3.63) is 0 Å². The van der Waals surface area contributed by atoms with Crippen molar-refractivity contribution in [2.24, 2.45) is 5.41 Å². The van der Waals surface area contributed by atoms with Crippen molar-refractivity contribution in [2.75, 3.05) is 26.9 Å². The van der Waals surface area contributed by atoms with Crippen molar-refractivity contribution in [2.45, 2.75) is 13.3 Å². The van der Waals surface area contributed by atoms with Gasteiger partial charge in [-0.1, -0.05) is 6.92 Å². The molecule has 70 valence electrons. The van der Waals surface area contributed by atoms with Gasteiger partial charge in [-0.15, -0.1) is 0 Å². The molecule has 0 aromatic heterocycles. The molecule has 0 aromatic rings. The number of rotatable bonds is 3. The van der Waals surface area contributed by atoms with Gasteiger partial charge < -0.3 is 14.2 Å². The lowest BCUT2D eigenvalue weighted by Gasteiger charge is -2.33. The Balaban J connectivity index is 2.50. The Kier molecular flexibility index (Phi) is 2.92. The number of methoxy groups -OCH3 is 1. The summed E-state index contributed by atoms with van der Waals surface area (Å²) in [5, 5.41) is 0. The zero-order valence-corrected chi connectivity index (χ0v) is 7.46. The lowest BCUT2D eigenvalue weighted by molar-refractivity contribution is -0.0884. The lowest BCUT2D eigenvalue weighted by atomic mass is 9.87. The van der Waals surface area contributed by atoms with Crippen LogP contribution in [0.4, 0.5) is 4.79 Å². The van der Waals surface area contributed by atoms with Gasteiger partial charge in [-0.05, 0) is 6.42 Å². The average molecular weight is 174 g/mol. The molecule has 0 aromatic carbocycles. The first kappa shape index (κ1) is 9.32. The highest BCUT2D eigenvalue weighted by Crippen LogP contribution is 2.26. The van der Waals surface area contributed by atoms with E-state index in [2.05, 4.69) is 0 Å². The van der Waals surface area contributed by atoms with Gasteiger partial charge in [0.1, 0.15) is 13.2 Å². The molecule has 0 radical (unpaired) electrons. The van der Waals surface area contributed by atoms with Gasteiger partial charge in [0, 0.05) is 7.11 Å². The molecule has 1 aliphatic rings. The molecule has 1 saturated heterocycles. The van der Waals surface area contributed by atoms with Gasteiger partial charge >= 0.3 is 6.16 Å². The van der Waals surface area contributed by atoms with Crippen LogP contribution in [0.5, 0.6) is 0 Å². The fourth-order valence-corrected chi connectivity index (χ4v) is 1.20. The zero-order chi connectivity index (χ0) is 9.03. The first-order chi connectivity index (χ1) is 5.72. The first-order valence-corrected chi connectivity index (χ1v) is 4.01. The maximum absolute atomic E-state index is 10.6. The molecule has 1 aliphatic heterocycles. The molecule has 4 nitrogen and oxygen atoms in total. The molecule has 1 fully saturated rings. The van der Waals surface area contributed by atoms with Crippen LogP contribution in [0.3, 0.4) is 0 Å². The molecule has 0 saturated carbocycles. The van der Waals surface area contributed by atoms with Crippen LogP contribution in [-0.2, 0) is 14.2 Å². The standard InChI is InChI=1S/C8H14O4/c1-3-8(4-10-2)5-11-7(9)12-6-8/h3-6H2,1-2H3. The highest BCUT2D eigenvalue weighted by Gasteiger charge is 2.36. The molecule has 1 rings (SSSR count). The Morgan fingerprint density at radius 3 is 2.50 bits per heavy atom. The number of hydrogen-bond acceptors (Lipinski definition) is 4. The van der Waals surface area contributed by atoms with E-state index in [-0.39, 0.29) is 5.41 Å². The third-order valence-electron chi connectivity index (χ3n) is 2.19. The van der Waals surface area contributed by atoms with E-state index in [4.69, 9.17) is 14.2 Å². The second-order valence-corrected chi connectivity index (χ2v) is 3.11. The van der Waals surface area contributed by atoms with E-state index in [1.54, 1.807) is 7.11 Å². The summed E-state index contributed by atoms with van der Waals surface area (Å²) >= 11 is 0. The summed E-state index contributed by atoms with van der Waals surface area (Å²) in [5.74, 6) is 0. The minimum Gasteiger partial charge on any atom is -0.433 e. The number of cyclic esters (lactones) is 2. The van der Waals surface area contributed by atoms with Gasteiger partial charge in [-0.25, -0.2) is 4.79 Å². The van der Waals surface area contributed by atoms with Crippen molar-refractivity contribution in [3.63, 3.8) is 0 Å². The van der Waals surface area contributed by atoms with E-state index in [0.29, 0.717) is 19.8 Å². The zero-order valence-electron chi connectivity index (χ0n) is 7.46. The van der Waals surface area contributed by atoms with Gasteiger partial charge in [0.2, 0.25) is 0 Å². The quantitative estimate of drug-likeness (QED) is 0.603. The Labute approximate surface area is 71.8 Å². The van der Waals surface area contributed by atoms with Crippen molar-refractivity contribution in [1.29, 1.82) is 0 Å². The molecule has 0 unspecified atom stereocenters. The minimum absolute atomic E-state index is 0.136. The predicted molar refractivity (Wildman–Crippen MR) is 41.9 cm³/mol. The van der Waals surface area contributed by atoms with E-state index < -0.39 is 6.16 Å². The van der Waals surface area contributed by atoms with Crippen LogP contribution >= 0.6 is 0 Å². The highest BCUT2D eigenvalue weighted by molar-refractivity contribution is 5.60. The summed E-state index contributed by atoms with van der Waals surface area (Å²) in [5.41, 5.74) is -0.136. The molecule has 12 heavy (non-hydrogen) atoms. The van der Waals surface area contributed by atoms with Gasteiger partial charge in [0.05, 0.1) is 12.0 Å². The molecular weight excluding hydrogens is 160 g/mol. The lowest BCUT2D eigenvalue weighted by Crippen LogP contribution is -2.42. The van der Waals surface area contributed by atoms with Crippen molar-refractivity contribution in [3.8, 4) is 0 Å². The van der Waals surface area contributed by atoms with E-state index in [0.717, 1.165) is 6.42 Å². The minimum atomic E-state index is -0.574. The third-order valence-corrected chi connectivity index (χ3v) is 2.19. The van der Waals surface area contributed by atoms with Crippen LogP contribution in [0.15, 0.2) is 0 Å². The number of ether oxygens (including phenoxy) is 3. The van der Waals surface area contributed by atoms with E-state index in [1.165, 1.54) is 0 Å². The van der Waals surface area contributed by atoms with Crippen LogP contribution in [0.25, 0.3) is 0 Å². The van der Waals surface area contributed by atoms with Gasteiger partial charge in [-0.2, -0.15) is 0 Å². The van der Waals surface area contributed by atoms with Crippen LogP contribution in [0, 0.1) is 5.41 Å². The number of carbonyl (C=O) groups excluding carboxylic acids is 1. The maximum Gasteiger partial charge on any atom is 0.508 e. The summed E-state index contributed by atoms with van der Waals surface area (Å²) in [6, 6.07) is 0. The van der Waals surface area contributed by atoms with E-state index in [9.17, 15) is 4.79 Å². The Bertz CT molecular complexity index is 156. The highest BCUT2D eigenvalue weighted by atomic mass is 16.7. The van der Waals surface area contributed by atoms with Gasteiger partial charge in [-0.3, -0.25) is 0 Å².